The summed E-state index contributed by atoms with van der Waals surface area (Å²) in [4.78, 5) is 41.7. The van der Waals surface area contributed by atoms with Crippen LogP contribution in [0.4, 0.5) is 0 Å². The number of piperidine rings is 1. The molecule has 0 spiro atoms. The van der Waals surface area contributed by atoms with Crippen LogP contribution in [0.15, 0.2) is 52.1 Å². The van der Waals surface area contributed by atoms with E-state index < -0.39 is 5.69 Å². The van der Waals surface area contributed by atoms with E-state index in [4.69, 9.17) is 9.47 Å². The zero-order valence-corrected chi connectivity index (χ0v) is 18.8. The van der Waals surface area contributed by atoms with E-state index in [0.717, 1.165) is 12.0 Å². The van der Waals surface area contributed by atoms with Crippen molar-refractivity contribution in [2.24, 2.45) is 11.8 Å². The Labute approximate surface area is 191 Å². The van der Waals surface area contributed by atoms with Crippen molar-refractivity contribution in [2.75, 3.05) is 19.9 Å². The van der Waals surface area contributed by atoms with Gasteiger partial charge in [-0.05, 0) is 48.1 Å². The minimum absolute atomic E-state index is 0.0745. The molecular formula is C25H27N3O5. The predicted octanol–water partition coefficient (Wildman–Crippen LogP) is 2.44. The van der Waals surface area contributed by atoms with E-state index in [2.05, 4.69) is 13.8 Å². The lowest BCUT2D eigenvalue weighted by Gasteiger charge is -2.35. The average molecular weight is 450 g/mol. The van der Waals surface area contributed by atoms with Crippen LogP contribution in [0.2, 0.25) is 0 Å². The number of amides is 1. The molecule has 8 nitrogen and oxygen atoms in total. The van der Waals surface area contributed by atoms with Gasteiger partial charge in [0, 0.05) is 13.1 Å². The number of hydrogen-bond acceptors (Lipinski definition) is 5. The van der Waals surface area contributed by atoms with Crippen molar-refractivity contribution in [2.45, 2.75) is 33.4 Å². The van der Waals surface area contributed by atoms with Gasteiger partial charge in [-0.15, -0.1) is 0 Å². The Bertz CT molecular complexity index is 1330. The summed E-state index contributed by atoms with van der Waals surface area (Å²) in [6, 6.07) is 12.3. The summed E-state index contributed by atoms with van der Waals surface area (Å²) in [5.41, 5.74) is 0.339. The first-order valence-electron chi connectivity index (χ1n) is 11.3. The highest BCUT2D eigenvalue weighted by atomic mass is 16.7. The normalized spacial score (nSPS) is 19.8. The molecule has 1 amide bonds. The Morgan fingerprint density at radius 3 is 2.48 bits per heavy atom. The van der Waals surface area contributed by atoms with Crippen LogP contribution >= 0.6 is 0 Å². The Hall–Kier alpha value is -3.55. The summed E-state index contributed by atoms with van der Waals surface area (Å²) < 4.78 is 13.4. The zero-order valence-electron chi connectivity index (χ0n) is 18.8. The molecule has 3 aromatic rings. The molecule has 0 N–H and O–H groups in total. The zero-order chi connectivity index (χ0) is 23.1. The third-order valence-corrected chi connectivity index (χ3v) is 6.42. The molecule has 8 heteroatoms. The molecule has 1 fully saturated rings. The van der Waals surface area contributed by atoms with Gasteiger partial charge in [0.15, 0.2) is 11.5 Å². The largest absolute Gasteiger partial charge is 0.454 e. The van der Waals surface area contributed by atoms with E-state index >= 15 is 0 Å². The Morgan fingerprint density at radius 1 is 0.970 bits per heavy atom. The van der Waals surface area contributed by atoms with Gasteiger partial charge < -0.3 is 14.4 Å². The van der Waals surface area contributed by atoms with Crippen LogP contribution in [0.5, 0.6) is 11.5 Å². The molecule has 1 aromatic heterocycles. The highest BCUT2D eigenvalue weighted by Gasteiger charge is 2.26. The first-order valence-corrected chi connectivity index (χ1v) is 11.3. The molecule has 0 bridgehead atoms. The monoisotopic (exact) mass is 449 g/mol. The molecule has 33 heavy (non-hydrogen) atoms. The summed E-state index contributed by atoms with van der Waals surface area (Å²) >= 11 is 0. The molecule has 0 aliphatic carbocycles. The molecule has 2 aliphatic heterocycles. The van der Waals surface area contributed by atoms with Crippen LogP contribution < -0.4 is 20.7 Å². The second-order valence-corrected chi connectivity index (χ2v) is 9.21. The smallest absolute Gasteiger partial charge is 0.332 e. The summed E-state index contributed by atoms with van der Waals surface area (Å²) in [7, 11) is 0. The maximum absolute atomic E-state index is 13.5. The summed E-state index contributed by atoms with van der Waals surface area (Å²) in [6.45, 7) is 5.79. The molecule has 0 saturated carbocycles. The van der Waals surface area contributed by atoms with Gasteiger partial charge in [0.05, 0.1) is 17.4 Å². The van der Waals surface area contributed by atoms with Crippen LogP contribution in [0, 0.1) is 11.8 Å². The number of likely N-dealkylation sites (tertiary alicyclic amines) is 1. The van der Waals surface area contributed by atoms with Crippen molar-refractivity contribution in [1.82, 2.24) is 14.0 Å². The highest BCUT2D eigenvalue weighted by Crippen LogP contribution is 2.32. The second kappa shape index (κ2) is 8.42. The van der Waals surface area contributed by atoms with E-state index in [9.17, 15) is 14.4 Å². The van der Waals surface area contributed by atoms with Crippen LogP contribution in [-0.4, -0.2) is 39.8 Å². The topological polar surface area (TPSA) is 82.8 Å². The maximum atomic E-state index is 13.5. The first kappa shape index (κ1) is 21.3. The number of para-hydroxylation sites is 1. The molecule has 2 aromatic carbocycles. The summed E-state index contributed by atoms with van der Waals surface area (Å²) in [6.07, 6.45) is 1.09. The van der Waals surface area contributed by atoms with Crippen molar-refractivity contribution >= 4 is 16.8 Å². The fraction of sp³-hybridized carbons (Fsp3) is 0.400. The quantitative estimate of drug-likeness (QED) is 0.611. The Morgan fingerprint density at radius 2 is 1.70 bits per heavy atom. The van der Waals surface area contributed by atoms with Crippen LogP contribution in [0.1, 0.15) is 25.8 Å². The predicted molar refractivity (Wildman–Crippen MR) is 124 cm³/mol. The molecule has 2 unspecified atom stereocenters. The third-order valence-electron chi connectivity index (χ3n) is 6.42. The lowest BCUT2D eigenvalue weighted by molar-refractivity contribution is -0.134. The summed E-state index contributed by atoms with van der Waals surface area (Å²) in [5, 5.41) is 0.408. The lowest BCUT2D eigenvalue weighted by atomic mass is 9.92. The average Bonchev–Trinajstić information content (AvgIpc) is 3.26. The number of nitrogens with zero attached hydrogens (tertiary/aromatic N) is 3. The number of carbonyl (C=O) groups excluding carboxylic acids is 1. The molecule has 2 atom stereocenters. The number of hydrogen-bond donors (Lipinski definition) is 0. The maximum Gasteiger partial charge on any atom is 0.332 e. The molecule has 1 saturated heterocycles. The summed E-state index contributed by atoms with van der Waals surface area (Å²) in [5.74, 6) is 1.97. The molecule has 0 radical (unpaired) electrons. The fourth-order valence-electron chi connectivity index (χ4n) is 4.99. The number of benzene rings is 2. The number of ether oxygens (including phenoxy) is 2. The van der Waals surface area contributed by atoms with Crippen molar-refractivity contribution in [3.05, 3.63) is 68.9 Å². The van der Waals surface area contributed by atoms with Crippen molar-refractivity contribution in [3.63, 3.8) is 0 Å². The van der Waals surface area contributed by atoms with Crippen LogP contribution in [0.3, 0.4) is 0 Å². The van der Waals surface area contributed by atoms with Crippen molar-refractivity contribution in [3.8, 4) is 11.5 Å². The van der Waals surface area contributed by atoms with Gasteiger partial charge in [-0.25, -0.2) is 4.79 Å². The van der Waals surface area contributed by atoms with E-state index in [1.165, 1.54) is 9.13 Å². The molecule has 3 heterocycles. The minimum Gasteiger partial charge on any atom is -0.454 e. The van der Waals surface area contributed by atoms with Gasteiger partial charge in [0.2, 0.25) is 12.7 Å². The van der Waals surface area contributed by atoms with Gasteiger partial charge in [-0.1, -0.05) is 32.0 Å². The Balaban J connectivity index is 1.54. The second-order valence-electron chi connectivity index (χ2n) is 9.21. The minimum atomic E-state index is -0.497. The van der Waals surface area contributed by atoms with Crippen molar-refractivity contribution in [1.29, 1.82) is 0 Å². The molecule has 5 rings (SSSR count). The molecular weight excluding hydrogens is 422 g/mol. The van der Waals surface area contributed by atoms with Gasteiger partial charge in [-0.3, -0.25) is 18.7 Å². The lowest BCUT2D eigenvalue weighted by Crippen LogP contribution is -2.47. The van der Waals surface area contributed by atoms with E-state index in [-0.39, 0.29) is 31.3 Å². The fourth-order valence-corrected chi connectivity index (χ4v) is 4.99. The van der Waals surface area contributed by atoms with Gasteiger partial charge in [0.25, 0.3) is 5.56 Å². The van der Waals surface area contributed by atoms with Gasteiger partial charge in [0.1, 0.15) is 6.54 Å². The van der Waals surface area contributed by atoms with Crippen LogP contribution in [-0.2, 0) is 17.9 Å². The number of fused-ring (bicyclic) bond motifs is 2. The van der Waals surface area contributed by atoms with E-state index in [0.29, 0.717) is 47.3 Å². The first-order chi connectivity index (χ1) is 15.9. The SMILES string of the molecule is CC1CC(C)CN(C(=O)Cn2c(=O)n(Cc3ccc4c(c3)OCO4)c(=O)c3ccccc32)C1. The highest BCUT2D eigenvalue weighted by molar-refractivity contribution is 5.81. The van der Waals surface area contributed by atoms with Gasteiger partial charge in [-0.2, -0.15) is 0 Å². The number of carbonyl (C=O) groups is 1. The number of aromatic nitrogens is 2. The van der Waals surface area contributed by atoms with Gasteiger partial charge >= 0.3 is 5.69 Å². The third kappa shape index (κ3) is 4.01. The van der Waals surface area contributed by atoms with Crippen LogP contribution in [0.25, 0.3) is 10.9 Å². The van der Waals surface area contributed by atoms with E-state index in [1.807, 2.05) is 4.90 Å². The molecule has 172 valence electrons. The van der Waals surface area contributed by atoms with Crippen molar-refractivity contribution < 1.29 is 14.3 Å². The molecule has 2 aliphatic rings. The standard InChI is InChI=1S/C25H27N3O5/c1-16-9-17(2)12-26(11-16)23(29)14-27-20-6-4-3-5-19(20)24(30)28(25(27)31)13-18-7-8-21-22(10-18)33-15-32-21/h3-8,10,16-17H,9,11-15H2,1-2H3. The van der Waals surface area contributed by atoms with E-state index in [1.54, 1.807) is 42.5 Å². The Kier molecular flexibility index (Phi) is 5.44. The number of rotatable bonds is 4.